The molecular formula is C40H45F3N4O4. The number of Topliss-reactive ketones (excluding diaryl/α,β-unsaturated/α-hetero) is 1. The minimum absolute atomic E-state index is 0.0141. The third-order valence-corrected chi connectivity index (χ3v) is 8.74. The van der Waals surface area contributed by atoms with E-state index >= 15 is 0 Å². The van der Waals surface area contributed by atoms with Crippen molar-refractivity contribution < 1.29 is 32.3 Å². The summed E-state index contributed by atoms with van der Waals surface area (Å²) < 4.78 is 41.7. The third kappa shape index (κ3) is 12.1. The Bertz CT molecular complexity index is 1710. The highest BCUT2D eigenvalue weighted by molar-refractivity contribution is 5.95. The molecule has 0 unspecified atom stereocenters. The van der Waals surface area contributed by atoms with E-state index in [2.05, 4.69) is 16.0 Å². The Morgan fingerprint density at radius 2 is 1.31 bits per heavy atom. The van der Waals surface area contributed by atoms with Crippen LogP contribution in [-0.2, 0) is 25.6 Å². The maximum Gasteiger partial charge on any atom is 0.391 e. The Morgan fingerprint density at radius 3 is 1.90 bits per heavy atom. The molecule has 0 bridgehead atoms. The SMILES string of the molecule is CCC(=O)N[C@@H](Cc1ccc2ccccc2c1)C(=O)N[C@@H](CC(F)(F)F)C(=O)C[C@@H](CCCCN)C(=O)NC(c1ccccc1)c1ccccc1. The van der Waals surface area contributed by atoms with Gasteiger partial charge in [-0.1, -0.05) is 116 Å². The number of alkyl halides is 3. The van der Waals surface area contributed by atoms with Gasteiger partial charge in [-0.25, -0.2) is 0 Å². The van der Waals surface area contributed by atoms with Gasteiger partial charge in [0.15, 0.2) is 5.78 Å². The average molecular weight is 703 g/mol. The number of amides is 3. The van der Waals surface area contributed by atoms with Crippen LogP contribution >= 0.6 is 0 Å². The lowest BCUT2D eigenvalue weighted by Gasteiger charge is -2.26. The van der Waals surface area contributed by atoms with Gasteiger partial charge in [0.2, 0.25) is 17.7 Å². The number of fused-ring (bicyclic) bond motifs is 1. The second-order valence-electron chi connectivity index (χ2n) is 12.7. The van der Waals surface area contributed by atoms with Gasteiger partial charge in [-0.05, 0) is 46.8 Å². The number of benzene rings is 4. The van der Waals surface area contributed by atoms with E-state index in [9.17, 15) is 32.3 Å². The lowest BCUT2D eigenvalue weighted by atomic mass is 9.90. The van der Waals surface area contributed by atoms with Crippen LogP contribution in [0.5, 0.6) is 0 Å². The number of halogens is 3. The molecule has 3 amide bonds. The van der Waals surface area contributed by atoms with Gasteiger partial charge >= 0.3 is 6.18 Å². The molecule has 0 heterocycles. The highest BCUT2D eigenvalue weighted by atomic mass is 19.4. The smallest absolute Gasteiger partial charge is 0.345 e. The van der Waals surface area contributed by atoms with Crippen molar-refractivity contribution in [2.45, 2.75) is 76.2 Å². The maximum absolute atomic E-state index is 13.9. The number of unbranched alkanes of at least 4 members (excludes halogenated alkanes) is 1. The van der Waals surface area contributed by atoms with Gasteiger partial charge in [0, 0.05) is 25.2 Å². The first-order chi connectivity index (χ1) is 24.5. The number of rotatable bonds is 18. The third-order valence-electron chi connectivity index (χ3n) is 8.74. The number of nitrogens with two attached hydrogens (primary N) is 1. The molecule has 0 fully saturated rings. The molecule has 4 rings (SSSR count). The number of ketones is 1. The van der Waals surface area contributed by atoms with Crippen molar-refractivity contribution in [3.63, 3.8) is 0 Å². The standard InChI is InChI=1S/C40H45F3N4O4/c1-2-36(49)45-33(24-27-20-21-28-13-9-10-18-31(28)23-27)39(51)46-34(26-40(41,42)43)35(48)25-32(19-11-12-22-44)38(50)47-37(29-14-5-3-6-15-29)30-16-7-4-8-17-30/h3-10,13-18,20-21,23,32-34,37H,2,11-12,19,22,24-26,44H2,1H3,(H,45,49)(H,46,51)(H,47,50)/t32-,33+,34+/m1/s1. The second kappa shape index (κ2) is 18.8. The number of hydrogen-bond donors (Lipinski definition) is 4. The van der Waals surface area contributed by atoms with Crippen molar-refractivity contribution >= 4 is 34.3 Å². The minimum Gasteiger partial charge on any atom is -0.345 e. The van der Waals surface area contributed by atoms with E-state index in [1.165, 1.54) is 0 Å². The normalized spacial score (nSPS) is 13.3. The lowest BCUT2D eigenvalue weighted by molar-refractivity contribution is -0.151. The van der Waals surface area contributed by atoms with Crippen molar-refractivity contribution in [2.24, 2.45) is 11.7 Å². The van der Waals surface area contributed by atoms with Crippen LogP contribution in [0.3, 0.4) is 0 Å². The molecule has 4 aromatic carbocycles. The molecule has 0 radical (unpaired) electrons. The molecule has 0 saturated heterocycles. The van der Waals surface area contributed by atoms with Crippen LogP contribution in [-0.4, -0.2) is 48.3 Å². The summed E-state index contributed by atoms with van der Waals surface area (Å²) in [4.78, 5) is 53.6. The molecule has 0 saturated carbocycles. The molecular weight excluding hydrogens is 657 g/mol. The lowest BCUT2D eigenvalue weighted by Crippen LogP contribution is -2.53. The summed E-state index contributed by atoms with van der Waals surface area (Å²) >= 11 is 0. The zero-order valence-corrected chi connectivity index (χ0v) is 28.6. The van der Waals surface area contributed by atoms with Crippen LogP contribution < -0.4 is 21.7 Å². The van der Waals surface area contributed by atoms with Crippen LogP contribution in [0.1, 0.15) is 68.2 Å². The largest absolute Gasteiger partial charge is 0.391 e. The van der Waals surface area contributed by atoms with E-state index in [1.54, 1.807) is 13.0 Å². The van der Waals surface area contributed by atoms with E-state index in [1.807, 2.05) is 97.1 Å². The van der Waals surface area contributed by atoms with Crippen LogP contribution in [0, 0.1) is 5.92 Å². The predicted octanol–water partition coefficient (Wildman–Crippen LogP) is 6.32. The quantitative estimate of drug-likeness (QED) is 0.0902. The monoisotopic (exact) mass is 702 g/mol. The highest BCUT2D eigenvalue weighted by Gasteiger charge is 2.39. The summed E-state index contributed by atoms with van der Waals surface area (Å²) in [5, 5.41) is 9.75. The van der Waals surface area contributed by atoms with Crippen molar-refractivity contribution in [2.75, 3.05) is 6.54 Å². The molecule has 8 nitrogen and oxygen atoms in total. The highest BCUT2D eigenvalue weighted by Crippen LogP contribution is 2.27. The Morgan fingerprint density at radius 1 is 0.706 bits per heavy atom. The fourth-order valence-corrected chi connectivity index (χ4v) is 6.01. The first-order valence-corrected chi connectivity index (χ1v) is 17.2. The topological polar surface area (TPSA) is 130 Å². The Balaban J connectivity index is 1.57. The molecule has 0 aliphatic heterocycles. The van der Waals surface area contributed by atoms with E-state index in [4.69, 9.17) is 5.73 Å². The summed E-state index contributed by atoms with van der Waals surface area (Å²) in [6.07, 6.45) is -5.73. The fraction of sp³-hybridized carbons (Fsp3) is 0.350. The first kappa shape index (κ1) is 38.8. The van der Waals surface area contributed by atoms with Crippen molar-refractivity contribution in [3.05, 3.63) is 120 Å². The van der Waals surface area contributed by atoms with Crippen molar-refractivity contribution in [3.8, 4) is 0 Å². The van der Waals surface area contributed by atoms with Gasteiger partial charge in [-0.3, -0.25) is 19.2 Å². The zero-order chi connectivity index (χ0) is 36.8. The first-order valence-electron chi connectivity index (χ1n) is 17.2. The summed E-state index contributed by atoms with van der Waals surface area (Å²) in [6.45, 7) is 1.93. The Labute approximate surface area is 296 Å². The average Bonchev–Trinajstić information content (AvgIpc) is 3.12. The van der Waals surface area contributed by atoms with E-state index in [-0.39, 0.29) is 19.3 Å². The van der Waals surface area contributed by atoms with Gasteiger partial charge < -0.3 is 21.7 Å². The second-order valence-corrected chi connectivity index (χ2v) is 12.7. The van der Waals surface area contributed by atoms with E-state index < -0.39 is 66.6 Å². The van der Waals surface area contributed by atoms with E-state index in [0.29, 0.717) is 24.9 Å². The molecule has 4 aromatic rings. The summed E-state index contributed by atoms with van der Waals surface area (Å²) in [5.74, 6) is -3.82. The molecule has 51 heavy (non-hydrogen) atoms. The number of carbonyl (C=O) groups is 4. The number of carbonyl (C=O) groups excluding carboxylic acids is 4. The van der Waals surface area contributed by atoms with Crippen molar-refractivity contribution in [1.82, 2.24) is 16.0 Å². The Kier molecular flexibility index (Phi) is 14.3. The number of nitrogens with one attached hydrogen (secondary N) is 3. The fourth-order valence-electron chi connectivity index (χ4n) is 6.01. The summed E-state index contributed by atoms with van der Waals surface area (Å²) in [7, 11) is 0. The molecule has 0 aromatic heterocycles. The molecule has 5 N–H and O–H groups in total. The summed E-state index contributed by atoms with van der Waals surface area (Å²) in [6, 6.07) is 27.7. The van der Waals surface area contributed by atoms with Crippen LogP contribution in [0.25, 0.3) is 10.8 Å². The van der Waals surface area contributed by atoms with Crippen molar-refractivity contribution in [1.29, 1.82) is 0 Å². The molecule has 0 aliphatic rings. The maximum atomic E-state index is 13.9. The van der Waals surface area contributed by atoms with Crippen LogP contribution in [0.4, 0.5) is 13.2 Å². The minimum atomic E-state index is -4.81. The Hall–Kier alpha value is -5.03. The zero-order valence-electron chi connectivity index (χ0n) is 28.6. The predicted molar refractivity (Wildman–Crippen MR) is 191 cm³/mol. The molecule has 11 heteroatoms. The van der Waals surface area contributed by atoms with E-state index in [0.717, 1.165) is 21.9 Å². The summed E-state index contributed by atoms with van der Waals surface area (Å²) in [5.41, 5.74) is 7.94. The number of hydrogen-bond acceptors (Lipinski definition) is 5. The molecule has 0 spiro atoms. The van der Waals surface area contributed by atoms with Gasteiger partial charge in [-0.2, -0.15) is 13.2 Å². The van der Waals surface area contributed by atoms with Gasteiger partial charge in [-0.15, -0.1) is 0 Å². The van der Waals surface area contributed by atoms with Crippen LogP contribution in [0.15, 0.2) is 103 Å². The molecule has 0 aliphatic carbocycles. The van der Waals surface area contributed by atoms with Crippen LogP contribution in [0.2, 0.25) is 0 Å². The van der Waals surface area contributed by atoms with Gasteiger partial charge in [0.25, 0.3) is 0 Å². The molecule has 3 atom stereocenters. The molecule has 270 valence electrons. The van der Waals surface area contributed by atoms with Gasteiger partial charge in [0.1, 0.15) is 6.04 Å². The van der Waals surface area contributed by atoms with Gasteiger partial charge in [0.05, 0.1) is 18.5 Å².